The van der Waals surface area contributed by atoms with Crippen molar-refractivity contribution in [3.8, 4) is 0 Å². The molecule has 1 saturated heterocycles. The quantitative estimate of drug-likeness (QED) is 0.391. The van der Waals surface area contributed by atoms with Gasteiger partial charge in [0.05, 0.1) is 11.6 Å². The first kappa shape index (κ1) is 18.0. The second-order valence-corrected chi connectivity index (χ2v) is 6.86. The minimum absolute atomic E-state index is 0.0578. The van der Waals surface area contributed by atoms with E-state index in [0.717, 1.165) is 0 Å². The topological polar surface area (TPSA) is 57.6 Å². The summed E-state index contributed by atoms with van der Waals surface area (Å²) >= 11 is 6.02. The summed E-state index contributed by atoms with van der Waals surface area (Å²) in [6.45, 7) is 0. The fourth-order valence-electron chi connectivity index (χ4n) is 3.40. The number of benzene rings is 3. The average Bonchev–Trinajstić information content (AvgIpc) is 3.00. The maximum atomic E-state index is 12.9. The molecule has 1 heterocycles. The van der Waals surface area contributed by atoms with Gasteiger partial charge in [-0.1, -0.05) is 72.3 Å². The number of ketones is 1. The van der Waals surface area contributed by atoms with E-state index >= 15 is 0 Å². The largest absolute Gasteiger partial charge is 0.507 e. The molecule has 1 aliphatic rings. The van der Waals surface area contributed by atoms with Crippen LogP contribution < -0.4 is 4.90 Å². The summed E-state index contributed by atoms with van der Waals surface area (Å²) in [5, 5.41) is 11.5. The van der Waals surface area contributed by atoms with Crippen LogP contribution in [0.1, 0.15) is 17.2 Å². The lowest BCUT2D eigenvalue weighted by Gasteiger charge is -2.25. The third-order valence-corrected chi connectivity index (χ3v) is 4.96. The van der Waals surface area contributed by atoms with Crippen molar-refractivity contribution in [3.63, 3.8) is 0 Å². The van der Waals surface area contributed by atoms with Gasteiger partial charge < -0.3 is 5.11 Å². The van der Waals surface area contributed by atoms with Crippen LogP contribution >= 0.6 is 11.6 Å². The van der Waals surface area contributed by atoms with Gasteiger partial charge in [-0.15, -0.1) is 0 Å². The molecule has 0 saturated carbocycles. The first-order valence-corrected chi connectivity index (χ1v) is 9.12. The molecule has 138 valence electrons. The van der Waals surface area contributed by atoms with E-state index < -0.39 is 17.7 Å². The minimum atomic E-state index is -0.750. The number of Topliss-reactive ketones (excluding diaryl/α,β-unsaturated/α-hetero) is 1. The van der Waals surface area contributed by atoms with Crippen LogP contribution in [-0.2, 0) is 9.59 Å². The van der Waals surface area contributed by atoms with Crippen molar-refractivity contribution in [2.45, 2.75) is 6.04 Å². The summed E-state index contributed by atoms with van der Waals surface area (Å²) in [4.78, 5) is 27.2. The number of nitrogens with zero attached hydrogens (tertiary/aromatic N) is 1. The Balaban J connectivity index is 1.95. The number of amides is 1. The third kappa shape index (κ3) is 3.08. The molecule has 0 bridgehead atoms. The summed E-state index contributed by atoms with van der Waals surface area (Å²) in [7, 11) is 0. The number of anilines is 1. The molecule has 0 aliphatic carbocycles. The van der Waals surface area contributed by atoms with E-state index in [9.17, 15) is 14.7 Å². The number of hydrogen-bond acceptors (Lipinski definition) is 3. The zero-order valence-electron chi connectivity index (χ0n) is 14.7. The molecule has 1 fully saturated rings. The lowest BCUT2D eigenvalue weighted by atomic mass is 9.95. The zero-order valence-corrected chi connectivity index (χ0v) is 15.5. The highest BCUT2D eigenvalue weighted by Gasteiger charge is 2.46. The molecule has 3 aromatic rings. The summed E-state index contributed by atoms with van der Waals surface area (Å²) < 4.78 is 0. The zero-order chi connectivity index (χ0) is 19.7. The second-order valence-electron chi connectivity index (χ2n) is 6.42. The van der Waals surface area contributed by atoms with Gasteiger partial charge in [0.1, 0.15) is 5.76 Å². The van der Waals surface area contributed by atoms with Gasteiger partial charge in [-0.05, 0) is 29.8 Å². The predicted molar refractivity (Wildman–Crippen MR) is 109 cm³/mol. The van der Waals surface area contributed by atoms with E-state index in [-0.39, 0.29) is 11.3 Å². The van der Waals surface area contributed by atoms with E-state index in [4.69, 9.17) is 11.6 Å². The monoisotopic (exact) mass is 389 g/mol. The van der Waals surface area contributed by atoms with Crippen molar-refractivity contribution in [1.82, 2.24) is 0 Å². The molecule has 0 radical (unpaired) electrons. The van der Waals surface area contributed by atoms with Crippen LogP contribution in [0.5, 0.6) is 0 Å². The van der Waals surface area contributed by atoms with Crippen LogP contribution in [0.2, 0.25) is 5.02 Å². The Bertz CT molecular complexity index is 1060. The van der Waals surface area contributed by atoms with Crippen LogP contribution in [0, 0.1) is 0 Å². The fraction of sp³-hybridized carbons (Fsp3) is 0.0435. The first-order chi connectivity index (χ1) is 13.6. The summed E-state index contributed by atoms with van der Waals surface area (Å²) in [6.07, 6.45) is 0. The van der Waals surface area contributed by atoms with Crippen LogP contribution in [-0.4, -0.2) is 16.8 Å². The number of para-hydroxylation sites is 1. The van der Waals surface area contributed by atoms with Crippen molar-refractivity contribution in [1.29, 1.82) is 0 Å². The van der Waals surface area contributed by atoms with Gasteiger partial charge in [0.25, 0.3) is 11.7 Å². The van der Waals surface area contributed by atoms with Gasteiger partial charge in [0.2, 0.25) is 0 Å². The summed E-state index contributed by atoms with van der Waals surface area (Å²) in [5.74, 6) is -1.59. The van der Waals surface area contributed by atoms with Gasteiger partial charge in [-0.3, -0.25) is 14.5 Å². The van der Waals surface area contributed by atoms with Crippen LogP contribution in [0.15, 0.2) is 90.5 Å². The Hall–Kier alpha value is -3.37. The number of carbonyl (C=O) groups excluding carboxylic acids is 2. The molecule has 3 aromatic carbocycles. The van der Waals surface area contributed by atoms with Gasteiger partial charge in [-0.2, -0.15) is 0 Å². The summed E-state index contributed by atoms with van der Waals surface area (Å²) in [5.41, 5.74) is 1.80. The molecule has 4 nitrogen and oxygen atoms in total. The first-order valence-electron chi connectivity index (χ1n) is 8.75. The molecular formula is C23H16ClNO3. The molecular weight excluding hydrogens is 374 g/mol. The Morgan fingerprint density at radius 2 is 1.39 bits per heavy atom. The Morgan fingerprint density at radius 1 is 0.821 bits per heavy atom. The number of hydrogen-bond donors (Lipinski definition) is 1. The highest BCUT2D eigenvalue weighted by Crippen LogP contribution is 2.42. The Kier molecular flexibility index (Phi) is 4.72. The van der Waals surface area contributed by atoms with E-state index in [1.165, 1.54) is 4.90 Å². The number of aliphatic hydroxyl groups excluding tert-OH is 1. The van der Waals surface area contributed by atoms with Gasteiger partial charge >= 0.3 is 0 Å². The maximum Gasteiger partial charge on any atom is 0.300 e. The smallest absolute Gasteiger partial charge is 0.300 e. The number of aliphatic hydroxyl groups is 1. The maximum absolute atomic E-state index is 12.9. The molecule has 4 rings (SSSR count). The molecule has 1 N–H and O–H groups in total. The molecule has 1 amide bonds. The van der Waals surface area contributed by atoms with Crippen molar-refractivity contribution >= 4 is 34.7 Å². The normalized spacial score (nSPS) is 18.5. The van der Waals surface area contributed by atoms with Crippen molar-refractivity contribution in [2.75, 3.05) is 4.90 Å². The lowest BCUT2D eigenvalue weighted by Crippen LogP contribution is -2.29. The van der Waals surface area contributed by atoms with Gasteiger partial charge in [-0.25, -0.2) is 0 Å². The molecule has 1 atom stereocenters. The molecule has 1 aliphatic heterocycles. The summed E-state index contributed by atoms with van der Waals surface area (Å²) in [6, 6.07) is 23.9. The SMILES string of the molecule is O=C1C(=O)N(c2ccccc2)C(c2ccc(Cl)cc2)/C1=C(\O)c1ccccc1. The lowest BCUT2D eigenvalue weighted by molar-refractivity contribution is -0.132. The van der Waals surface area contributed by atoms with E-state index in [1.54, 1.807) is 72.8 Å². The molecule has 0 spiro atoms. The van der Waals surface area contributed by atoms with Crippen LogP contribution in [0.4, 0.5) is 5.69 Å². The van der Waals surface area contributed by atoms with E-state index in [2.05, 4.69) is 0 Å². The van der Waals surface area contributed by atoms with Crippen molar-refractivity contribution in [2.24, 2.45) is 0 Å². The van der Waals surface area contributed by atoms with Gasteiger partial charge in [0, 0.05) is 16.3 Å². The average molecular weight is 390 g/mol. The highest BCUT2D eigenvalue weighted by atomic mass is 35.5. The molecule has 1 unspecified atom stereocenters. The molecule has 0 aromatic heterocycles. The Labute approximate surface area is 167 Å². The number of halogens is 1. The third-order valence-electron chi connectivity index (χ3n) is 4.71. The number of rotatable bonds is 3. The molecule has 5 heteroatoms. The van der Waals surface area contributed by atoms with E-state index in [1.807, 2.05) is 12.1 Å². The van der Waals surface area contributed by atoms with Gasteiger partial charge in [0.15, 0.2) is 0 Å². The molecule has 28 heavy (non-hydrogen) atoms. The van der Waals surface area contributed by atoms with E-state index in [0.29, 0.717) is 21.8 Å². The minimum Gasteiger partial charge on any atom is -0.507 e. The standard InChI is InChI=1S/C23H16ClNO3/c24-17-13-11-15(12-14-17)20-19(21(26)16-7-3-1-4-8-16)22(27)23(28)25(20)18-9-5-2-6-10-18/h1-14,20,26H/b21-19+. The van der Waals surface area contributed by atoms with Crippen molar-refractivity contribution < 1.29 is 14.7 Å². The predicted octanol–water partition coefficient (Wildman–Crippen LogP) is 4.97. The van der Waals surface area contributed by atoms with Crippen LogP contribution in [0.25, 0.3) is 5.76 Å². The number of carbonyl (C=O) groups is 2. The fourth-order valence-corrected chi connectivity index (χ4v) is 3.53. The highest BCUT2D eigenvalue weighted by molar-refractivity contribution is 6.51. The van der Waals surface area contributed by atoms with Crippen LogP contribution in [0.3, 0.4) is 0 Å². The second kappa shape index (κ2) is 7.33. The van der Waals surface area contributed by atoms with Crippen molar-refractivity contribution in [3.05, 3.63) is 107 Å². The Morgan fingerprint density at radius 3 is 2.00 bits per heavy atom.